The van der Waals surface area contributed by atoms with Gasteiger partial charge in [-0.15, -0.1) is 24.0 Å². The van der Waals surface area contributed by atoms with Crippen molar-refractivity contribution in [3.63, 3.8) is 0 Å². The maximum absolute atomic E-state index is 12.4. The van der Waals surface area contributed by atoms with Crippen LogP contribution in [0.15, 0.2) is 34.2 Å². The number of hydrogen-bond donors (Lipinski definition) is 3. The van der Waals surface area contributed by atoms with Crippen LogP contribution in [0.1, 0.15) is 38.7 Å². The molecule has 3 atom stereocenters. The first-order valence-corrected chi connectivity index (χ1v) is 11.2. The van der Waals surface area contributed by atoms with Crippen molar-refractivity contribution in [3.8, 4) is 0 Å². The molecule has 1 saturated heterocycles. The van der Waals surface area contributed by atoms with E-state index in [0.29, 0.717) is 31.7 Å². The number of halogens is 1. The van der Waals surface area contributed by atoms with Crippen molar-refractivity contribution >= 4 is 40.0 Å². The van der Waals surface area contributed by atoms with Gasteiger partial charge in [-0.25, -0.2) is 18.1 Å². The lowest BCUT2D eigenvalue weighted by atomic mass is 10.2. The zero-order chi connectivity index (χ0) is 19.3. The summed E-state index contributed by atoms with van der Waals surface area (Å²) in [7, 11) is -3.51. The van der Waals surface area contributed by atoms with Gasteiger partial charge in [0.15, 0.2) is 5.96 Å². The van der Waals surface area contributed by atoms with Crippen LogP contribution in [0.5, 0.6) is 0 Å². The Bertz CT molecular complexity index is 749. The third-order valence-corrected chi connectivity index (χ3v) is 6.39. The van der Waals surface area contributed by atoms with Gasteiger partial charge in [-0.05, 0) is 49.8 Å². The molecule has 2 fully saturated rings. The number of aliphatic imine (C=N–C) groups is 1. The predicted octanol–water partition coefficient (Wildman–Crippen LogP) is 2.23. The van der Waals surface area contributed by atoms with Crippen LogP contribution in [0.3, 0.4) is 0 Å². The lowest BCUT2D eigenvalue weighted by molar-refractivity contribution is 0.114. The van der Waals surface area contributed by atoms with E-state index in [9.17, 15) is 8.42 Å². The molecule has 0 amide bonds. The van der Waals surface area contributed by atoms with Crippen molar-refractivity contribution < 1.29 is 13.2 Å². The van der Waals surface area contributed by atoms with Crippen molar-refractivity contribution in [1.82, 2.24) is 15.4 Å². The summed E-state index contributed by atoms with van der Waals surface area (Å²) in [6.07, 6.45) is 3.06. The molecule has 158 valence electrons. The lowest BCUT2D eigenvalue weighted by Crippen LogP contribution is -2.39. The van der Waals surface area contributed by atoms with E-state index in [1.165, 1.54) is 6.42 Å². The minimum absolute atomic E-state index is 0. The van der Waals surface area contributed by atoms with E-state index in [4.69, 9.17) is 4.74 Å². The van der Waals surface area contributed by atoms with Crippen molar-refractivity contribution in [2.75, 3.05) is 19.7 Å². The average molecular weight is 522 g/mol. The normalized spacial score (nSPS) is 24.5. The van der Waals surface area contributed by atoms with Gasteiger partial charge < -0.3 is 15.4 Å². The minimum atomic E-state index is -3.51. The fourth-order valence-electron chi connectivity index (χ4n) is 3.05. The van der Waals surface area contributed by atoms with Crippen LogP contribution in [-0.2, 0) is 21.3 Å². The Hall–Kier alpha value is -0.910. The molecule has 2 aliphatic rings. The van der Waals surface area contributed by atoms with Crippen LogP contribution in [0.25, 0.3) is 0 Å². The first-order valence-electron chi connectivity index (χ1n) is 9.73. The van der Waals surface area contributed by atoms with E-state index in [1.807, 2.05) is 19.1 Å². The highest BCUT2D eigenvalue weighted by Crippen LogP contribution is 2.28. The van der Waals surface area contributed by atoms with Gasteiger partial charge in [-0.2, -0.15) is 0 Å². The predicted molar refractivity (Wildman–Crippen MR) is 122 cm³/mol. The van der Waals surface area contributed by atoms with Crippen LogP contribution in [0.4, 0.5) is 0 Å². The van der Waals surface area contributed by atoms with Crippen molar-refractivity contribution in [3.05, 3.63) is 29.8 Å². The summed E-state index contributed by atoms with van der Waals surface area (Å²) in [4.78, 5) is 4.86. The van der Waals surface area contributed by atoms with Crippen LogP contribution in [0.2, 0.25) is 0 Å². The van der Waals surface area contributed by atoms with E-state index in [2.05, 4.69) is 27.3 Å². The number of sulfonamides is 1. The summed E-state index contributed by atoms with van der Waals surface area (Å²) >= 11 is 0. The highest BCUT2D eigenvalue weighted by molar-refractivity contribution is 14.0. The Labute approximate surface area is 185 Å². The molecule has 0 aromatic heterocycles. The second-order valence-electron chi connectivity index (χ2n) is 7.29. The van der Waals surface area contributed by atoms with Gasteiger partial charge in [-0.3, -0.25) is 0 Å². The third-order valence-electron chi connectivity index (χ3n) is 4.95. The summed E-state index contributed by atoms with van der Waals surface area (Å²) in [6, 6.07) is 7.39. The number of hydrogen-bond acceptors (Lipinski definition) is 4. The summed E-state index contributed by atoms with van der Waals surface area (Å²) in [5.41, 5.74) is 0.967. The zero-order valence-electron chi connectivity index (χ0n) is 16.5. The minimum Gasteiger partial charge on any atom is -0.377 e. The summed E-state index contributed by atoms with van der Waals surface area (Å²) in [5.74, 6) is 1.50. The monoisotopic (exact) mass is 522 g/mol. The quantitative estimate of drug-likeness (QED) is 0.277. The van der Waals surface area contributed by atoms with Gasteiger partial charge in [0.05, 0.1) is 17.5 Å². The second-order valence-corrected chi connectivity index (χ2v) is 9.06. The van der Waals surface area contributed by atoms with Crippen LogP contribution >= 0.6 is 24.0 Å². The second kappa shape index (κ2) is 10.7. The van der Waals surface area contributed by atoms with E-state index in [1.54, 1.807) is 12.1 Å². The molecule has 0 radical (unpaired) electrons. The molecule has 0 bridgehead atoms. The molecule has 1 aromatic rings. The third kappa shape index (κ3) is 6.85. The van der Waals surface area contributed by atoms with E-state index in [-0.39, 0.29) is 35.0 Å². The molecule has 3 N–H and O–H groups in total. The molecule has 1 aliphatic carbocycles. The maximum atomic E-state index is 12.4. The number of nitrogens with zero attached hydrogens (tertiary/aromatic N) is 1. The Morgan fingerprint density at radius 3 is 2.57 bits per heavy atom. The number of guanidine groups is 1. The highest BCUT2D eigenvalue weighted by atomic mass is 127. The largest absolute Gasteiger partial charge is 0.377 e. The SMILES string of the molecule is CCNC(=NCc1ccc(S(=O)(=O)NCC2CCCO2)cc1)NC1CC1C.I. The number of ether oxygens (including phenoxy) is 1. The lowest BCUT2D eigenvalue weighted by Gasteiger charge is -2.12. The molecule has 1 saturated carbocycles. The van der Waals surface area contributed by atoms with Gasteiger partial charge in [0.2, 0.25) is 10.0 Å². The zero-order valence-corrected chi connectivity index (χ0v) is 19.6. The molecule has 3 rings (SSSR count). The summed E-state index contributed by atoms with van der Waals surface area (Å²) in [6.45, 7) is 6.60. The topological polar surface area (TPSA) is 91.8 Å². The van der Waals surface area contributed by atoms with Gasteiger partial charge in [0, 0.05) is 25.7 Å². The van der Waals surface area contributed by atoms with E-state index in [0.717, 1.165) is 30.9 Å². The molecule has 1 aromatic carbocycles. The summed E-state index contributed by atoms with van der Waals surface area (Å²) in [5, 5.41) is 6.66. The molecule has 0 spiro atoms. The Morgan fingerprint density at radius 2 is 2.00 bits per heavy atom. The molecular weight excluding hydrogens is 491 g/mol. The molecule has 1 aliphatic heterocycles. The maximum Gasteiger partial charge on any atom is 0.240 e. The van der Waals surface area contributed by atoms with Crippen LogP contribution < -0.4 is 15.4 Å². The van der Waals surface area contributed by atoms with Crippen LogP contribution in [0, 0.1) is 5.92 Å². The fraction of sp³-hybridized carbons (Fsp3) is 0.632. The fourth-order valence-corrected chi connectivity index (χ4v) is 4.12. The molecular formula is C19H31IN4O3S. The average Bonchev–Trinajstić information content (AvgIpc) is 3.11. The van der Waals surface area contributed by atoms with Crippen LogP contribution in [-0.4, -0.2) is 46.2 Å². The molecule has 28 heavy (non-hydrogen) atoms. The smallest absolute Gasteiger partial charge is 0.240 e. The Balaban J connectivity index is 0.00000280. The van der Waals surface area contributed by atoms with E-state index < -0.39 is 10.0 Å². The Kier molecular flexibility index (Phi) is 8.97. The first kappa shape index (κ1) is 23.4. The van der Waals surface area contributed by atoms with Crippen molar-refractivity contribution in [2.45, 2.75) is 56.7 Å². The molecule has 1 heterocycles. The number of rotatable bonds is 8. The van der Waals surface area contributed by atoms with Gasteiger partial charge in [0.25, 0.3) is 0 Å². The standard InChI is InChI=1S/C19H30N4O3S.HI/c1-3-20-19(23-18-11-14(18)2)21-12-15-6-8-17(9-7-15)27(24,25)22-13-16-5-4-10-26-16;/h6-9,14,16,18,22H,3-5,10-13H2,1-2H3,(H2,20,21,23);1H. The highest BCUT2D eigenvalue weighted by Gasteiger charge is 2.33. The number of benzene rings is 1. The molecule has 7 nitrogen and oxygen atoms in total. The number of nitrogens with one attached hydrogen (secondary N) is 3. The summed E-state index contributed by atoms with van der Waals surface area (Å²) < 4.78 is 32.9. The van der Waals surface area contributed by atoms with Gasteiger partial charge in [-0.1, -0.05) is 19.1 Å². The first-order chi connectivity index (χ1) is 13.0. The molecule has 9 heteroatoms. The van der Waals surface area contributed by atoms with E-state index >= 15 is 0 Å². The van der Waals surface area contributed by atoms with Crippen molar-refractivity contribution in [2.24, 2.45) is 10.9 Å². The van der Waals surface area contributed by atoms with Crippen molar-refractivity contribution in [1.29, 1.82) is 0 Å². The molecule has 3 unspecified atom stereocenters. The van der Waals surface area contributed by atoms with Gasteiger partial charge >= 0.3 is 0 Å². The Morgan fingerprint density at radius 1 is 1.29 bits per heavy atom. The van der Waals surface area contributed by atoms with Gasteiger partial charge in [0.1, 0.15) is 0 Å².